The molecule has 0 radical (unpaired) electrons. The molecule has 2 rings (SSSR count). The van der Waals surface area contributed by atoms with Gasteiger partial charge < -0.3 is 10.5 Å². The van der Waals surface area contributed by atoms with Crippen molar-refractivity contribution in [2.45, 2.75) is 6.18 Å². The summed E-state index contributed by atoms with van der Waals surface area (Å²) in [6.45, 7) is 0. The molecule has 0 unspecified atom stereocenters. The largest absolute Gasteiger partial charge is 0.437 e. The summed E-state index contributed by atoms with van der Waals surface area (Å²) < 4.78 is 44.6. The normalized spacial score (nSPS) is 11.4. The molecule has 0 saturated carbocycles. The van der Waals surface area contributed by atoms with Gasteiger partial charge in [0.1, 0.15) is 11.3 Å². The molecular formula is C12H7Br2F3N2O. The van der Waals surface area contributed by atoms with Gasteiger partial charge in [0, 0.05) is 16.4 Å². The first kappa shape index (κ1) is 15.1. The predicted molar refractivity (Wildman–Crippen MR) is 75.6 cm³/mol. The molecule has 0 fully saturated rings. The van der Waals surface area contributed by atoms with Crippen LogP contribution in [0.3, 0.4) is 0 Å². The average molecular weight is 412 g/mol. The molecule has 20 heavy (non-hydrogen) atoms. The van der Waals surface area contributed by atoms with E-state index in [4.69, 9.17) is 10.5 Å². The number of rotatable bonds is 2. The molecule has 1 aromatic heterocycles. The summed E-state index contributed by atoms with van der Waals surface area (Å²) in [4.78, 5) is 3.66. The van der Waals surface area contributed by atoms with E-state index in [-0.39, 0.29) is 10.2 Å². The third kappa shape index (κ3) is 3.24. The van der Waals surface area contributed by atoms with Gasteiger partial charge in [0.2, 0.25) is 5.88 Å². The van der Waals surface area contributed by atoms with Crippen molar-refractivity contribution in [1.82, 2.24) is 4.98 Å². The number of aromatic nitrogens is 1. The van der Waals surface area contributed by atoms with Crippen molar-refractivity contribution in [1.29, 1.82) is 0 Å². The van der Waals surface area contributed by atoms with Gasteiger partial charge >= 0.3 is 6.18 Å². The van der Waals surface area contributed by atoms with Crippen molar-refractivity contribution in [2.75, 3.05) is 5.73 Å². The van der Waals surface area contributed by atoms with Crippen LogP contribution in [-0.2, 0) is 6.18 Å². The quantitative estimate of drug-likeness (QED) is 0.707. The number of hydrogen-bond acceptors (Lipinski definition) is 3. The van der Waals surface area contributed by atoms with Crippen molar-refractivity contribution in [3.63, 3.8) is 0 Å². The summed E-state index contributed by atoms with van der Waals surface area (Å²) >= 11 is 6.11. The zero-order valence-electron chi connectivity index (χ0n) is 9.71. The number of anilines is 1. The van der Waals surface area contributed by atoms with Crippen LogP contribution < -0.4 is 10.5 Å². The fourth-order valence-corrected chi connectivity index (χ4v) is 2.10. The van der Waals surface area contributed by atoms with Crippen LogP contribution in [-0.4, -0.2) is 4.98 Å². The van der Waals surface area contributed by atoms with Crippen LogP contribution in [0.15, 0.2) is 39.4 Å². The summed E-state index contributed by atoms with van der Waals surface area (Å²) in [5.41, 5.74) is 5.03. The molecule has 1 aromatic carbocycles. The summed E-state index contributed by atoms with van der Waals surface area (Å²) in [5.74, 6) is -0.377. The van der Waals surface area contributed by atoms with Gasteiger partial charge in [-0.05, 0) is 50.1 Å². The summed E-state index contributed by atoms with van der Waals surface area (Å²) in [6, 6.07) is 5.56. The molecule has 1 heterocycles. The van der Waals surface area contributed by atoms with Gasteiger partial charge in [0.05, 0.1) is 4.47 Å². The van der Waals surface area contributed by atoms with E-state index in [0.717, 1.165) is 6.07 Å². The minimum Gasteiger partial charge on any atom is -0.437 e. The first-order valence-electron chi connectivity index (χ1n) is 5.23. The zero-order valence-corrected chi connectivity index (χ0v) is 12.9. The summed E-state index contributed by atoms with van der Waals surface area (Å²) in [6.07, 6.45) is -3.34. The first-order valence-corrected chi connectivity index (χ1v) is 6.82. The van der Waals surface area contributed by atoms with Crippen LogP contribution in [0.5, 0.6) is 11.6 Å². The Balaban J connectivity index is 2.46. The number of halogens is 5. The van der Waals surface area contributed by atoms with E-state index in [2.05, 4.69) is 36.8 Å². The first-order chi connectivity index (χ1) is 9.29. The number of ether oxygens (including phenoxy) is 1. The zero-order chi connectivity index (χ0) is 14.9. The van der Waals surface area contributed by atoms with Gasteiger partial charge in [-0.3, -0.25) is 0 Å². The van der Waals surface area contributed by atoms with Crippen molar-refractivity contribution in [3.05, 3.63) is 45.0 Å². The Morgan fingerprint density at radius 2 is 1.90 bits per heavy atom. The molecule has 0 spiro atoms. The lowest BCUT2D eigenvalue weighted by molar-refractivity contribution is -0.138. The minimum absolute atomic E-state index is 0.158. The summed E-state index contributed by atoms with van der Waals surface area (Å²) in [5, 5.41) is 0. The van der Waals surface area contributed by atoms with Gasteiger partial charge in [-0.2, -0.15) is 13.2 Å². The maximum atomic E-state index is 12.9. The van der Waals surface area contributed by atoms with Crippen LogP contribution in [0.1, 0.15) is 5.56 Å². The van der Waals surface area contributed by atoms with Gasteiger partial charge in [0.25, 0.3) is 0 Å². The predicted octanol–water partition coefficient (Wildman–Crippen LogP) is 5.00. The van der Waals surface area contributed by atoms with Gasteiger partial charge in [0.15, 0.2) is 0 Å². The number of nitrogens with zero attached hydrogens (tertiary/aromatic N) is 1. The highest BCUT2D eigenvalue weighted by Gasteiger charge is 2.36. The number of hydrogen-bond donors (Lipinski definition) is 1. The number of benzene rings is 1. The van der Waals surface area contributed by atoms with E-state index >= 15 is 0 Å². The molecule has 2 aromatic rings. The highest BCUT2D eigenvalue weighted by molar-refractivity contribution is 9.11. The van der Waals surface area contributed by atoms with Crippen LogP contribution in [0, 0.1) is 0 Å². The van der Waals surface area contributed by atoms with Crippen LogP contribution in [0.4, 0.5) is 18.9 Å². The second-order valence-corrected chi connectivity index (χ2v) is 5.47. The lowest BCUT2D eigenvalue weighted by Gasteiger charge is -2.14. The van der Waals surface area contributed by atoms with Crippen molar-refractivity contribution < 1.29 is 17.9 Å². The standard InChI is InChI=1S/C12H7Br2F3N2O/c13-6-4-7(12(15,16)17)11(19-5-6)20-9-3-1-2-8(18)10(9)14/h1-5H,18H2. The lowest BCUT2D eigenvalue weighted by Crippen LogP contribution is -2.08. The second kappa shape index (κ2) is 5.61. The number of nitrogens with two attached hydrogens (primary N) is 1. The maximum Gasteiger partial charge on any atom is 0.421 e. The van der Waals surface area contributed by atoms with Crippen molar-refractivity contribution >= 4 is 37.5 Å². The van der Waals surface area contributed by atoms with Crippen molar-refractivity contribution in [2.24, 2.45) is 0 Å². The van der Waals surface area contributed by atoms with Crippen LogP contribution in [0.25, 0.3) is 0 Å². The molecule has 0 saturated heterocycles. The molecule has 0 aliphatic heterocycles. The van der Waals surface area contributed by atoms with E-state index in [9.17, 15) is 13.2 Å². The topological polar surface area (TPSA) is 48.1 Å². The monoisotopic (exact) mass is 410 g/mol. The Hall–Kier alpha value is -1.28. The molecular weight excluding hydrogens is 405 g/mol. The van der Waals surface area contributed by atoms with Gasteiger partial charge in [-0.15, -0.1) is 0 Å². The average Bonchev–Trinajstić information content (AvgIpc) is 2.36. The maximum absolute atomic E-state index is 12.9. The Morgan fingerprint density at radius 3 is 2.55 bits per heavy atom. The van der Waals surface area contributed by atoms with E-state index < -0.39 is 17.6 Å². The van der Waals surface area contributed by atoms with E-state index in [0.29, 0.717) is 10.2 Å². The summed E-state index contributed by atoms with van der Waals surface area (Å²) in [7, 11) is 0. The molecule has 0 aliphatic rings. The second-order valence-electron chi connectivity index (χ2n) is 3.77. The molecule has 0 aliphatic carbocycles. The van der Waals surface area contributed by atoms with Crippen LogP contribution >= 0.6 is 31.9 Å². The molecule has 8 heteroatoms. The molecule has 0 atom stereocenters. The molecule has 0 amide bonds. The third-order valence-electron chi connectivity index (χ3n) is 2.32. The lowest BCUT2D eigenvalue weighted by atomic mass is 10.2. The van der Waals surface area contributed by atoms with E-state index in [1.165, 1.54) is 12.3 Å². The SMILES string of the molecule is Nc1cccc(Oc2ncc(Br)cc2C(F)(F)F)c1Br. The van der Waals surface area contributed by atoms with Gasteiger partial charge in [-0.25, -0.2) is 4.98 Å². The highest BCUT2D eigenvalue weighted by atomic mass is 79.9. The van der Waals surface area contributed by atoms with Gasteiger partial charge in [-0.1, -0.05) is 6.07 Å². The Morgan fingerprint density at radius 1 is 1.20 bits per heavy atom. The minimum atomic E-state index is -4.57. The van der Waals surface area contributed by atoms with E-state index in [1.807, 2.05) is 0 Å². The Kier molecular flexibility index (Phi) is 4.24. The van der Waals surface area contributed by atoms with E-state index in [1.54, 1.807) is 12.1 Å². The fraction of sp³-hybridized carbons (Fsp3) is 0.0833. The number of alkyl halides is 3. The molecule has 0 bridgehead atoms. The van der Waals surface area contributed by atoms with Crippen LogP contribution in [0.2, 0.25) is 0 Å². The number of nitrogen functional groups attached to an aromatic ring is 1. The Labute approximate surface area is 129 Å². The molecule has 2 N–H and O–H groups in total. The third-order valence-corrected chi connectivity index (χ3v) is 3.61. The smallest absolute Gasteiger partial charge is 0.421 e. The highest BCUT2D eigenvalue weighted by Crippen LogP contribution is 2.40. The molecule has 3 nitrogen and oxygen atoms in total. The molecule has 106 valence electrons. The Bertz CT molecular complexity index is 647. The fourth-order valence-electron chi connectivity index (χ4n) is 1.42. The van der Waals surface area contributed by atoms with Crippen molar-refractivity contribution in [3.8, 4) is 11.6 Å². The number of pyridine rings is 1.